The quantitative estimate of drug-likeness (QED) is 0.542. The van der Waals surface area contributed by atoms with E-state index in [0.717, 1.165) is 12.8 Å². The van der Waals surface area contributed by atoms with E-state index in [2.05, 4.69) is 18.3 Å². The predicted molar refractivity (Wildman–Crippen MR) is 56.3 cm³/mol. The monoisotopic (exact) mass is 211 g/mol. The van der Waals surface area contributed by atoms with Gasteiger partial charge in [0.2, 0.25) is 6.41 Å². The molecule has 0 spiro atoms. The number of amides is 1. The highest BCUT2D eigenvalue weighted by Crippen LogP contribution is 2.30. The average molecular weight is 211 g/mol. The van der Waals surface area contributed by atoms with E-state index >= 15 is 0 Å². The van der Waals surface area contributed by atoms with Crippen molar-refractivity contribution in [2.24, 2.45) is 11.8 Å². The first-order valence-corrected chi connectivity index (χ1v) is 5.14. The van der Waals surface area contributed by atoms with Gasteiger partial charge in [0.1, 0.15) is 6.04 Å². The normalized spacial score (nSPS) is 27.7. The zero-order valence-electron chi connectivity index (χ0n) is 9.06. The Kier molecular flexibility index (Phi) is 3.88. The fourth-order valence-corrected chi connectivity index (χ4v) is 2.33. The smallest absolute Gasteiger partial charge is 0.326 e. The maximum atomic E-state index is 11.0. The predicted octanol–water partition coefficient (Wildman–Crippen LogP) is 1.18. The summed E-state index contributed by atoms with van der Waals surface area (Å²) in [6.07, 6.45) is 4.20. The van der Waals surface area contributed by atoms with Crippen molar-refractivity contribution in [2.45, 2.75) is 32.7 Å². The summed E-state index contributed by atoms with van der Waals surface area (Å²) >= 11 is 0. The van der Waals surface area contributed by atoms with Crippen molar-refractivity contribution in [3.8, 4) is 0 Å². The summed E-state index contributed by atoms with van der Waals surface area (Å²) < 4.78 is 0. The Hall–Kier alpha value is -1.32. The second-order valence-electron chi connectivity index (χ2n) is 4.29. The molecule has 1 aliphatic rings. The molecule has 84 valence electrons. The molecule has 0 aromatic carbocycles. The van der Waals surface area contributed by atoms with Gasteiger partial charge in [0, 0.05) is 0 Å². The Morgan fingerprint density at radius 1 is 1.73 bits per heavy atom. The lowest BCUT2D eigenvalue weighted by atomic mass is 9.79. The van der Waals surface area contributed by atoms with Gasteiger partial charge in [-0.25, -0.2) is 4.79 Å². The first kappa shape index (κ1) is 11.8. The molecule has 1 aliphatic carbocycles. The molecule has 2 N–H and O–H groups in total. The number of carboxylic acid groups (broad SMARTS) is 1. The van der Waals surface area contributed by atoms with Crippen LogP contribution in [0.25, 0.3) is 0 Å². The number of hydrogen-bond acceptors (Lipinski definition) is 2. The van der Waals surface area contributed by atoms with Crippen molar-refractivity contribution >= 4 is 12.4 Å². The van der Waals surface area contributed by atoms with Crippen LogP contribution in [0.4, 0.5) is 0 Å². The number of rotatable bonds is 4. The van der Waals surface area contributed by atoms with E-state index in [4.69, 9.17) is 5.11 Å². The molecule has 1 amide bonds. The molecule has 0 fully saturated rings. The molecule has 3 unspecified atom stereocenters. The van der Waals surface area contributed by atoms with Crippen molar-refractivity contribution in [1.29, 1.82) is 0 Å². The first-order valence-electron chi connectivity index (χ1n) is 5.14. The summed E-state index contributed by atoms with van der Waals surface area (Å²) in [6.45, 7) is 4.07. The second-order valence-corrected chi connectivity index (χ2v) is 4.29. The first-order chi connectivity index (χ1) is 7.04. The van der Waals surface area contributed by atoms with E-state index < -0.39 is 12.0 Å². The third-order valence-corrected chi connectivity index (χ3v) is 2.81. The van der Waals surface area contributed by atoms with Gasteiger partial charge in [0.15, 0.2) is 0 Å². The van der Waals surface area contributed by atoms with Gasteiger partial charge in [-0.1, -0.05) is 18.6 Å². The van der Waals surface area contributed by atoms with Crippen LogP contribution in [0.2, 0.25) is 0 Å². The second kappa shape index (κ2) is 4.96. The summed E-state index contributed by atoms with van der Waals surface area (Å²) in [6, 6.07) is -0.756. The molecule has 3 atom stereocenters. The molecule has 1 rings (SSSR count). The number of carbonyl (C=O) groups excluding carboxylic acids is 1. The lowest BCUT2D eigenvalue weighted by Gasteiger charge is -2.29. The Labute approximate surface area is 89.4 Å². The van der Waals surface area contributed by atoms with Crippen molar-refractivity contribution in [3.05, 3.63) is 11.6 Å². The summed E-state index contributed by atoms with van der Waals surface area (Å²) in [7, 11) is 0. The lowest BCUT2D eigenvalue weighted by Crippen LogP contribution is -2.43. The topological polar surface area (TPSA) is 66.4 Å². The number of nitrogens with one attached hydrogen (secondary N) is 1. The number of carboxylic acids is 1. The maximum Gasteiger partial charge on any atom is 0.326 e. The molecule has 0 aromatic heterocycles. The molecular weight excluding hydrogens is 194 g/mol. The molecule has 0 aromatic rings. The SMILES string of the molecule is CC1=CC(C)CC(C(NC=O)C(=O)O)C1. The molecule has 0 saturated heterocycles. The zero-order valence-corrected chi connectivity index (χ0v) is 9.06. The molecular formula is C11H17NO3. The van der Waals surface area contributed by atoms with E-state index in [0.29, 0.717) is 12.3 Å². The zero-order chi connectivity index (χ0) is 11.4. The molecule has 0 bridgehead atoms. The Bertz CT molecular complexity index is 286. The van der Waals surface area contributed by atoms with Crippen LogP contribution in [0, 0.1) is 11.8 Å². The van der Waals surface area contributed by atoms with Gasteiger partial charge >= 0.3 is 5.97 Å². The van der Waals surface area contributed by atoms with Crippen molar-refractivity contribution in [1.82, 2.24) is 5.32 Å². The number of hydrogen-bond donors (Lipinski definition) is 2. The highest BCUT2D eigenvalue weighted by atomic mass is 16.4. The lowest BCUT2D eigenvalue weighted by molar-refractivity contribution is -0.142. The van der Waals surface area contributed by atoms with Gasteiger partial charge in [-0.2, -0.15) is 0 Å². The molecule has 15 heavy (non-hydrogen) atoms. The molecule has 0 heterocycles. The van der Waals surface area contributed by atoms with E-state index in [1.54, 1.807) is 0 Å². The fraction of sp³-hybridized carbons (Fsp3) is 0.636. The van der Waals surface area contributed by atoms with Crippen LogP contribution < -0.4 is 5.32 Å². The van der Waals surface area contributed by atoms with E-state index in [9.17, 15) is 9.59 Å². The van der Waals surface area contributed by atoms with E-state index in [1.807, 2.05) is 6.92 Å². The largest absolute Gasteiger partial charge is 0.480 e. The molecule has 0 saturated carbocycles. The Balaban J connectivity index is 2.73. The van der Waals surface area contributed by atoms with E-state index in [1.165, 1.54) is 5.57 Å². The molecule has 4 heteroatoms. The summed E-state index contributed by atoms with van der Waals surface area (Å²) in [5, 5.41) is 11.4. The van der Waals surface area contributed by atoms with Crippen molar-refractivity contribution in [3.63, 3.8) is 0 Å². The minimum atomic E-state index is -0.950. The number of allylic oxidation sites excluding steroid dienone is 2. The van der Waals surface area contributed by atoms with Gasteiger partial charge < -0.3 is 10.4 Å². The van der Waals surface area contributed by atoms with Gasteiger partial charge in [-0.15, -0.1) is 0 Å². The van der Waals surface area contributed by atoms with Crippen LogP contribution in [0.1, 0.15) is 26.7 Å². The number of aliphatic carboxylic acids is 1. The highest BCUT2D eigenvalue weighted by molar-refractivity contribution is 5.76. The van der Waals surface area contributed by atoms with Crippen LogP contribution in [0.3, 0.4) is 0 Å². The van der Waals surface area contributed by atoms with E-state index in [-0.39, 0.29) is 5.92 Å². The summed E-state index contributed by atoms with van der Waals surface area (Å²) in [4.78, 5) is 21.3. The third-order valence-electron chi connectivity index (χ3n) is 2.81. The van der Waals surface area contributed by atoms with Gasteiger partial charge in [0.05, 0.1) is 0 Å². The Morgan fingerprint density at radius 2 is 2.40 bits per heavy atom. The Morgan fingerprint density at radius 3 is 2.87 bits per heavy atom. The maximum absolute atomic E-state index is 11.0. The van der Waals surface area contributed by atoms with Crippen LogP contribution in [-0.4, -0.2) is 23.5 Å². The minimum absolute atomic E-state index is 0.00713. The highest BCUT2D eigenvalue weighted by Gasteiger charge is 2.30. The van der Waals surface area contributed by atoms with Gasteiger partial charge in [-0.3, -0.25) is 4.79 Å². The summed E-state index contributed by atoms with van der Waals surface area (Å²) in [5.74, 6) is -0.555. The fourth-order valence-electron chi connectivity index (χ4n) is 2.33. The molecule has 0 radical (unpaired) electrons. The minimum Gasteiger partial charge on any atom is -0.480 e. The van der Waals surface area contributed by atoms with Crippen LogP contribution in [-0.2, 0) is 9.59 Å². The molecule has 0 aliphatic heterocycles. The van der Waals surface area contributed by atoms with Crippen molar-refractivity contribution in [2.75, 3.05) is 0 Å². The van der Waals surface area contributed by atoms with Gasteiger partial charge in [-0.05, 0) is 31.6 Å². The third kappa shape index (κ3) is 3.08. The summed E-state index contributed by atoms with van der Waals surface area (Å²) in [5.41, 5.74) is 1.21. The van der Waals surface area contributed by atoms with Gasteiger partial charge in [0.25, 0.3) is 0 Å². The molecule has 4 nitrogen and oxygen atoms in total. The standard InChI is InChI=1S/C11H17NO3/c1-7-3-8(2)5-9(4-7)10(11(14)15)12-6-13/h3,6-7,9-10H,4-5H2,1-2H3,(H,12,13)(H,14,15). The van der Waals surface area contributed by atoms with Crippen LogP contribution >= 0.6 is 0 Å². The average Bonchev–Trinajstić information content (AvgIpc) is 2.11. The number of carbonyl (C=O) groups is 2. The van der Waals surface area contributed by atoms with Crippen molar-refractivity contribution < 1.29 is 14.7 Å². The van der Waals surface area contributed by atoms with Crippen LogP contribution in [0.15, 0.2) is 11.6 Å². The van der Waals surface area contributed by atoms with Crippen LogP contribution in [0.5, 0.6) is 0 Å².